The van der Waals surface area contributed by atoms with Gasteiger partial charge in [-0.3, -0.25) is 4.79 Å². The maximum Gasteiger partial charge on any atom is 0.234 e. The van der Waals surface area contributed by atoms with E-state index < -0.39 is 5.41 Å². The van der Waals surface area contributed by atoms with Crippen molar-refractivity contribution in [2.45, 2.75) is 60.4 Å². The number of amidine groups is 1. The van der Waals surface area contributed by atoms with Gasteiger partial charge in [0.15, 0.2) is 5.84 Å². The molecule has 1 amide bonds. The number of carbonyl (C=O) groups is 1. The Kier molecular flexibility index (Phi) is 3.90. The summed E-state index contributed by atoms with van der Waals surface area (Å²) in [6.07, 6.45) is 1.03. The predicted octanol–water partition coefficient (Wildman–Crippen LogP) is 2.09. The van der Waals surface area contributed by atoms with Crippen LogP contribution in [0.2, 0.25) is 0 Å². The van der Waals surface area contributed by atoms with E-state index in [-0.39, 0.29) is 28.6 Å². The molecule has 0 heterocycles. The summed E-state index contributed by atoms with van der Waals surface area (Å²) < 4.78 is 0. The highest BCUT2D eigenvalue weighted by Crippen LogP contribution is 2.62. The smallest absolute Gasteiger partial charge is 0.234 e. The molecule has 5 nitrogen and oxygen atoms in total. The highest BCUT2D eigenvalue weighted by molar-refractivity contribution is 6.06. The van der Waals surface area contributed by atoms with Gasteiger partial charge >= 0.3 is 0 Å². The van der Waals surface area contributed by atoms with E-state index in [0.717, 1.165) is 0 Å². The average Bonchev–Trinajstić information content (AvgIpc) is 2.73. The Morgan fingerprint density at radius 3 is 1.95 bits per heavy atom. The normalized spacial score (nSPS) is 22.1. The molecule has 5 heteroatoms. The van der Waals surface area contributed by atoms with Crippen molar-refractivity contribution in [2.75, 3.05) is 0 Å². The number of oxime groups is 1. The number of rotatable bonds is 5. The number of nitrogens with zero attached hydrogens (tertiary/aromatic N) is 1. The van der Waals surface area contributed by atoms with E-state index in [1.54, 1.807) is 0 Å². The topological polar surface area (TPSA) is 87.7 Å². The molecular weight excluding hydrogens is 242 g/mol. The summed E-state index contributed by atoms with van der Waals surface area (Å²) in [4.78, 5) is 12.6. The van der Waals surface area contributed by atoms with Crippen LogP contribution in [0.1, 0.15) is 54.4 Å². The molecule has 0 atom stereocenters. The zero-order valence-electron chi connectivity index (χ0n) is 12.9. The SMILES string of the molecule is CCC(CC)(C(=O)NC1C(C)(C)C1(C)C)C(N)=NO. The van der Waals surface area contributed by atoms with Crippen LogP contribution < -0.4 is 11.1 Å². The van der Waals surface area contributed by atoms with E-state index in [9.17, 15) is 4.79 Å². The molecule has 0 aromatic carbocycles. The monoisotopic (exact) mass is 269 g/mol. The highest BCUT2D eigenvalue weighted by Gasteiger charge is 2.66. The van der Waals surface area contributed by atoms with Crippen molar-refractivity contribution in [3.63, 3.8) is 0 Å². The third-order valence-electron chi connectivity index (χ3n) is 5.54. The minimum absolute atomic E-state index is 0.00809. The number of nitrogens with two attached hydrogens (primary N) is 1. The number of carbonyl (C=O) groups excluding carboxylic acids is 1. The Balaban J connectivity index is 2.94. The summed E-state index contributed by atoms with van der Waals surface area (Å²) in [5.74, 6) is -0.150. The fourth-order valence-electron chi connectivity index (χ4n) is 2.97. The second-order valence-electron chi connectivity index (χ2n) is 6.62. The summed E-state index contributed by atoms with van der Waals surface area (Å²) in [6, 6.07) is 0.122. The Morgan fingerprint density at radius 1 is 1.26 bits per heavy atom. The van der Waals surface area contributed by atoms with E-state index in [1.807, 2.05) is 13.8 Å². The minimum Gasteiger partial charge on any atom is -0.409 e. The van der Waals surface area contributed by atoms with Crippen LogP contribution in [0.25, 0.3) is 0 Å². The molecule has 0 spiro atoms. The molecule has 0 unspecified atom stereocenters. The fourth-order valence-corrected chi connectivity index (χ4v) is 2.97. The Bertz CT molecular complexity index is 381. The lowest BCUT2D eigenvalue weighted by molar-refractivity contribution is -0.128. The molecule has 4 N–H and O–H groups in total. The van der Waals surface area contributed by atoms with Crippen LogP contribution in [-0.4, -0.2) is 23.0 Å². The van der Waals surface area contributed by atoms with Crippen molar-refractivity contribution in [3.8, 4) is 0 Å². The number of hydrogen-bond acceptors (Lipinski definition) is 3. The first-order valence-corrected chi connectivity index (χ1v) is 6.90. The van der Waals surface area contributed by atoms with Gasteiger partial charge in [0.2, 0.25) is 5.91 Å². The second kappa shape index (κ2) is 4.69. The maximum absolute atomic E-state index is 12.6. The zero-order chi connectivity index (χ0) is 15.1. The Morgan fingerprint density at radius 2 is 1.68 bits per heavy atom. The van der Waals surface area contributed by atoms with Crippen molar-refractivity contribution in [1.82, 2.24) is 5.32 Å². The standard InChI is InChI=1S/C14H27N3O2/c1-7-14(8-2,10(15)17-19)11(18)16-9-12(3,4)13(9,5)6/h9,19H,7-8H2,1-6H3,(H2,15,17)(H,16,18). The lowest BCUT2D eigenvalue weighted by Crippen LogP contribution is -2.50. The first-order valence-electron chi connectivity index (χ1n) is 6.90. The molecule has 110 valence electrons. The molecule has 0 aliphatic heterocycles. The van der Waals surface area contributed by atoms with Crippen molar-refractivity contribution in [1.29, 1.82) is 0 Å². The number of amides is 1. The summed E-state index contributed by atoms with van der Waals surface area (Å²) in [7, 11) is 0. The first kappa shape index (κ1) is 15.8. The summed E-state index contributed by atoms with van der Waals surface area (Å²) in [6.45, 7) is 12.3. The van der Waals surface area contributed by atoms with E-state index in [1.165, 1.54) is 0 Å². The van der Waals surface area contributed by atoms with Gasteiger partial charge in [0.1, 0.15) is 5.41 Å². The van der Waals surface area contributed by atoms with Crippen molar-refractivity contribution < 1.29 is 10.0 Å². The van der Waals surface area contributed by atoms with Gasteiger partial charge in [0, 0.05) is 6.04 Å². The van der Waals surface area contributed by atoms with Gasteiger partial charge in [-0.2, -0.15) is 0 Å². The quantitative estimate of drug-likeness (QED) is 0.309. The number of hydrogen-bond donors (Lipinski definition) is 3. The molecule has 0 saturated heterocycles. The molecule has 1 fully saturated rings. The Hall–Kier alpha value is -1.26. The van der Waals surface area contributed by atoms with Crippen LogP contribution in [0.3, 0.4) is 0 Å². The van der Waals surface area contributed by atoms with Crippen molar-refractivity contribution in [2.24, 2.45) is 27.1 Å². The minimum atomic E-state index is -0.913. The molecule has 0 aromatic rings. The van der Waals surface area contributed by atoms with Gasteiger partial charge in [-0.05, 0) is 23.7 Å². The molecule has 1 saturated carbocycles. The van der Waals surface area contributed by atoms with Gasteiger partial charge in [-0.1, -0.05) is 46.7 Å². The number of nitrogens with one attached hydrogen (secondary N) is 1. The molecule has 1 aliphatic carbocycles. The third kappa shape index (κ3) is 2.09. The molecule has 1 aliphatic rings. The van der Waals surface area contributed by atoms with E-state index in [0.29, 0.717) is 12.8 Å². The third-order valence-corrected chi connectivity index (χ3v) is 5.54. The predicted molar refractivity (Wildman–Crippen MR) is 75.9 cm³/mol. The van der Waals surface area contributed by atoms with Crippen LogP contribution in [0.15, 0.2) is 5.16 Å². The van der Waals surface area contributed by atoms with Crippen LogP contribution in [-0.2, 0) is 4.79 Å². The van der Waals surface area contributed by atoms with Gasteiger partial charge < -0.3 is 16.3 Å². The summed E-state index contributed by atoms with van der Waals surface area (Å²) >= 11 is 0. The molecular formula is C14H27N3O2. The summed E-state index contributed by atoms with van der Waals surface area (Å²) in [5.41, 5.74) is 4.97. The second-order valence-corrected chi connectivity index (χ2v) is 6.62. The summed E-state index contributed by atoms with van der Waals surface area (Å²) in [5, 5.41) is 15.1. The highest BCUT2D eigenvalue weighted by atomic mass is 16.4. The van der Waals surface area contributed by atoms with Gasteiger partial charge in [0.25, 0.3) is 0 Å². The van der Waals surface area contributed by atoms with Crippen LogP contribution >= 0.6 is 0 Å². The molecule has 1 rings (SSSR count). The van der Waals surface area contributed by atoms with Crippen molar-refractivity contribution >= 4 is 11.7 Å². The lowest BCUT2D eigenvalue weighted by Gasteiger charge is -2.29. The van der Waals surface area contributed by atoms with Crippen molar-refractivity contribution in [3.05, 3.63) is 0 Å². The van der Waals surface area contributed by atoms with Gasteiger partial charge in [-0.15, -0.1) is 0 Å². The fraction of sp³-hybridized carbons (Fsp3) is 0.857. The average molecular weight is 269 g/mol. The first-order chi connectivity index (χ1) is 8.61. The molecule has 0 aromatic heterocycles. The van der Waals surface area contributed by atoms with E-state index in [2.05, 4.69) is 38.2 Å². The molecule has 0 radical (unpaired) electrons. The van der Waals surface area contributed by atoms with Crippen LogP contribution in [0.4, 0.5) is 0 Å². The van der Waals surface area contributed by atoms with Crippen LogP contribution in [0.5, 0.6) is 0 Å². The van der Waals surface area contributed by atoms with E-state index >= 15 is 0 Å². The Labute approximate surface area is 115 Å². The van der Waals surface area contributed by atoms with Gasteiger partial charge in [-0.25, -0.2) is 0 Å². The van der Waals surface area contributed by atoms with Crippen LogP contribution in [0, 0.1) is 16.2 Å². The van der Waals surface area contributed by atoms with Gasteiger partial charge in [0.05, 0.1) is 0 Å². The van der Waals surface area contributed by atoms with E-state index in [4.69, 9.17) is 10.9 Å². The zero-order valence-corrected chi connectivity index (χ0v) is 12.9. The largest absolute Gasteiger partial charge is 0.409 e. The molecule has 19 heavy (non-hydrogen) atoms. The lowest BCUT2D eigenvalue weighted by atomic mass is 9.80. The molecule has 0 bridgehead atoms. The maximum atomic E-state index is 12.6.